The number of para-hydroxylation sites is 1. The molecule has 2 heterocycles. The van der Waals surface area contributed by atoms with Crippen molar-refractivity contribution >= 4 is 0 Å². The number of nitrogens with one attached hydrogen (secondary N) is 1. The lowest BCUT2D eigenvalue weighted by Gasteiger charge is -2.25. The van der Waals surface area contributed by atoms with Crippen LogP contribution in [0.4, 0.5) is 0 Å². The molecular formula is C15H16N2O3. The Morgan fingerprint density at radius 2 is 2.30 bits per heavy atom. The van der Waals surface area contributed by atoms with Gasteiger partial charge in [0.15, 0.2) is 0 Å². The molecule has 1 aromatic carbocycles. The van der Waals surface area contributed by atoms with Gasteiger partial charge in [0.05, 0.1) is 18.9 Å². The van der Waals surface area contributed by atoms with Gasteiger partial charge in [-0.3, -0.25) is 4.79 Å². The molecule has 1 atom stereocenters. The SMILES string of the molecule is COCc1cc(=O)[nH]c(C2CCOc3ccccc32)n1. The normalized spacial score (nSPS) is 17.4. The highest BCUT2D eigenvalue weighted by Gasteiger charge is 2.24. The van der Waals surface area contributed by atoms with Crippen LogP contribution in [0.2, 0.25) is 0 Å². The van der Waals surface area contributed by atoms with Gasteiger partial charge in [0.2, 0.25) is 0 Å². The molecule has 1 N–H and O–H groups in total. The number of hydrogen-bond acceptors (Lipinski definition) is 4. The largest absolute Gasteiger partial charge is 0.493 e. The lowest BCUT2D eigenvalue weighted by Crippen LogP contribution is -2.21. The first-order valence-corrected chi connectivity index (χ1v) is 6.58. The molecular weight excluding hydrogens is 256 g/mol. The van der Waals surface area contributed by atoms with Crippen LogP contribution in [0.15, 0.2) is 35.1 Å². The van der Waals surface area contributed by atoms with E-state index in [4.69, 9.17) is 9.47 Å². The zero-order valence-corrected chi connectivity index (χ0v) is 11.3. The molecule has 1 aliphatic heterocycles. The van der Waals surface area contributed by atoms with Crippen LogP contribution in [0.1, 0.15) is 29.4 Å². The molecule has 0 saturated carbocycles. The molecule has 1 aromatic heterocycles. The van der Waals surface area contributed by atoms with Crippen molar-refractivity contribution in [2.24, 2.45) is 0 Å². The van der Waals surface area contributed by atoms with Gasteiger partial charge in [0.25, 0.3) is 5.56 Å². The Bertz CT molecular complexity index is 666. The summed E-state index contributed by atoms with van der Waals surface area (Å²) in [4.78, 5) is 19.1. The highest BCUT2D eigenvalue weighted by atomic mass is 16.5. The molecule has 0 bridgehead atoms. The van der Waals surface area contributed by atoms with Crippen molar-refractivity contribution in [3.05, 3.63) is 57.8 Å². The molecule has 3 rings (SSSR count). The van der Waals surface area contributed by atoms with E-state index in [-0.39, 0.29) is 11.5 Å². The van der Waals surface area contributed by atoms with Crippen LogP contribution >= 0.6 is 0 Å². The third kappa shape index (κ3) is 2.44. The number of rotatable bonds is 3. The summed E-state index contributed by atoms with van der Waals surface area (Å²) in [5.41, 5.74) is 1.57. The van der Waals surface area contributed by atoms with E-state index in [1.807, 2.05) is 24.3 Å². The smallest absolute Gasteiger partial charge is 0.251 e. The molecule has 5 nitrogen and oxygen atoms in total. The molecule has 0 amide bonds. The third-order valence-electron chi connectivity index (χ3n) is 3.39. The Labute approximate surface area is 116 Å². The molecule has 0 aliphatic carbocycles. The van der Waals surface area contributed by atoms with E-state index >= 15 is 0 Å². The van der Waals surface area contributed by atoms with Crippen molar-refractivity contribution in [1.82, 2.24) is 9.97 Å². The number of fused-ring (bicyclic) bond motifs is 1. The predicted octanol–water partition coefficient (Wildman–Crippen LogP) is 1.83. The zero-order valence-electron chi connectivity index (χ0n) is 11.3. The lowest BCUT2D eigenvalue weighted by molar-refractivity contribution is 0.181. The number of H-pyrrole nitrogens is 1. The standard InChI is InChI=1S/C15H16N2O3/c1-19-9-10-8-14(18)17-15(16-10)12-6-7-20-13-5-3-2-4-11(12)13/h2-5,8,12H,6-7,9H2,1H3,(H,16,17,18). The van der Waals surface area contributed by atoms with Crippen LogP contribution in [0.3, 0.4) is 0 Å². The maximum absolute atomic E-state index is 11.8. The highest BCUT2D eigenvalue weighted by molar-refractivity contribution is 5.40. The quantitative estimate of drug-likeness (QED) is 0.925. The van der Waals surface area contributed by atoms with Crippen LogP contribution in [0.5, 0.6) is 5.75 Å². The minimum absolute atomic E-state index is 0.0597. The summed E-state index contributed by atoms with van der Waals surface area (Å²) < 4.78 is 10.7. The molecule has 0 radical (unpaired) electrons. The van der Waals surface area contributed by atoms with Crippen LogP contribution in [-0.4, -0.2) is 23.7 Å². The zero-order chi connectivity index (χ0) is 13.9. The number of ether oxygens (including phenoxy) is 2. The number of aromatic nitrogens is 2. The van der Waals surface area contributed by atoms with Gasteiger partial charge >= 0.3 is 0 Å². The summed E-state index contributed by atoms with van der Waals surface area (Å²) in [6.45, 7) is 0.960. The first-order valence-electron chi connectivity index (χ1n) is 6.58. The van der Waals surface area contributed by atoms with Crippen molar-refractivity contribution in [2.75, 3.05) is 13.7 Å². The fourth-order valence-corrected chi connectivity index (χ4v) is 2.54. The van der Waals surface area contributed by atoms with Gasteiger partial charge in [-0.1, -0.05) is 18.2 Å². The average molecular weight is 272 g/mol. The van der Waals surface area contributed by atoms with Crippen molar-refractivity contribution in [3.63, 3.8) is 0 Å². The Morgan fingerprint density at radius 3 is 3.15 bits per heavy atom. The lowest BCUT2D eigenvalue weighted by atomic mass is 9.92. The van der Waals surface area contributed by atoms with E-state index in [0.29, 0.717) is 24.7 Å². The monoisotopic (exact) mass is 272 g/mol. The number of hydrogen-bond donors (Lipinski definition) is 1. The second kappa shape index (κ2) is 5.46. The summed E-state index contributed by atoms with van der Waals surface area (Å²) in [5, 5.41) is 0. The van der Waals surface area contributed by atoms with Gasteiger partial charge in [0, 0.05) is 24.7 Å². The van der Waals surface area contributed by atoms with Crippen molar-refractivity contribution in [3.8, 4) is 5.75 Å². The summed E-state index contributed by atoms with van der Waals surface area (Å²) in [5.74, 6) is 1.60. The van der Waals surface area contributed by atoms with Crippen molar-refractivity contribution < 1.29 is 9.47 Å². The molecule has 104 valence electrons. The number of methoxy groups -OCH3 is 1. The Balaban J connectivity index is 2.04. The topological polar surface area (TPSA) is 64.2 Å². The summed E-state index contributed by atoms with van der Waals surface area (Å²) >= 11 is 0. The number of benzene rings is 1. The van der Waals surface area contributed by atoms with Gasteiger partial charge in [0.1, 0.15) is 11.6 Å². The highest BCUT2D eigenvalue weighted by Crippen LogP contribution is 2.36. The van der Waals surface area contributed by atoms with E-state index in [1.165, 1.54) is 6.07 Å². The minimum atomic E-state index is -0.147. The van der Waals surface area contributed by atoms with Gasteiger partial charge in [-0.2, -0.15) is 0 Å². The van der Waals surface area contributed by atoms with Crippen molar-refractivity contribution in [2.45, 2.75) is 18.9 Å². The fraction of sp³-hybridized carbons (Fsp3) is 0.333. The average Bonchev–Trinajstić information content (AvgIpc) is 2.46. The second-order valence-corrected chi connectivity index (χ2v) is 4.78. The molecule has 0 spiro atoms. The fourth-order valence-electron chi connectivity index (χ4n) is 2.54. The van der Waals surface area contributed by atoms with Gasteiger partial charge in [-0.25, -0.2) is 4.98 Å². The van der Waals surface area contributed by atoms with Crippen LogP contribution < -0.4 is 10.3 Å². The van der Waals surface area contributed by atoms with Gasteiger partial charge in [-0.05, 0) is 12.5 Å². The maximum Gasteiger partial charge on any atom is 0.251 e. The summed E-state index contributed by atoms with van der Waals surface area (Å²) in [6.07, 6.45) is 0.802. The number of aromatic amines is 1. The summed E-state index contributed by atoms with van der Waals surface area (Å²) in [6, 6.07) is 9.34. The van der Waals surface area contributed by atoms with Gasteiger partial charge < -0.3 is 14.5 Å². The van der Waals surface area contributed by atoms with E-state index in [2.05, 4.69) is 9.97 Å². The molecule has 0 fully saturated rings. The Morgan fingerprint density at radius 1 is 1.45 bits per heavy atom. The third-order valence-corrected chi connectivity index (χ3v) is 3.39. The Hall–Kier alpha value is -2.14. The minimum Gasteiger partial charge on any atom is -0.493 e. The van der Waals surface area contributed by atoms with E-state index in [0.717, 1.165) is 17.7 Å². The van der Waals surface area contributed by atoms with E-state index in [9.17, 15) is 4.79 Å². The molecule has 2 aromatic rings. The molecule has 0 saturated heterocycles. The van der Waals surface area contributed by atoms with Crippen LogP contribution in [0, 0.1) is 0 Å². The summed E-state index contributed by atoms with van der Waals surface area (Å²) in [7, 11) is 1.59. The first kappa shape index (κ1) is 12.9. The maximum atomic E-state index is 11.8. The van der Waals surface area contributed by atoms with E-state index < -0.39 is 0 Å². The second-order valence-electron chi connectivity index (χ2n) is 4.78. The molecule has 1 aliphatic rings. The molecule has 20 heavy (non-hydrogen) atoms. The predicted molar refractivity (Wildman–Crippen MR) is 74.0 cm³/mol. The first-order chi connectivity index (χ1) is 9.78. The number of nitrogens with zero attached hydrogens (tertiary/aromatic N) is 1. The van der Waals surface area contributed by atoms with Gasteiger partial charge in [-0.15, -0.1) is 0 Å². The molecule has 1 unspecified atom stereocenters. The van der Waals surface area contributed by atoms with E-state index in [1.54, 1.807) is 7.11 Å². The van der Waals surface area contributed by atoms with Crippen molar-refractivity contribution in [1.29, 1.82) is 0 Å². The Kier molecular flexibility index (Phi) is 3.52. The van der Waals surface area contributed by atoms with Crippen LogP contribution in [-0.2, 0) is 11.3 Å². The van der Waals surface area contributed by atoms with Crippen LogP contribution in [0.25, 0.3) is 0 Å². The molecule has 5 heteroatoms.